The molecule has 2 spiro atoms. The van der Waals surface area contributed by atoms with Gasteiger partial charge in [0.15, 0.2) is 0 Å². The van der Waals surface area contributed by atoms with Crippen LogP contribution in [0.2, 0.25) is 0 Å². The van der Waals surface area contributed by atoms with Gasteiger partial charge in [0.1, 0.15) is 0 Å². The molecule has 1 nitrogen and oxygen atoms in total. The van der Waals surface area contributed by atoms with Crippen LogP contribution in [-0.4, -0.2) is 18.5 Å². The third kappa shape index (κ3) is 1.70. The highest BCUT2D eigenvalue weighted by Crippen LogP contribution is 2.87. The number of nitrogens with zero attached hydrogens (tertiary/aromatic N) is 1. The second-order valence-corrected chi connectivity index (χ2v) is 29.3. The van der Waals surface area contributed by atoms with E-state index in [9.17, 15) is 0 Å². The van der Waals surface area contributed by atoms with E-state index in [4.69, 9.17) is 0 Å². The zero-order chi connectivity index (χ0) is 47.8. The van der Waals surface area contributed by atoms with Crippen molar-refractivity contribution in [3.63, 3.8) is 0 Å². The molecule has 1 heterocycles. The Labute approximate surface area is 438 Å². The van der Waals surface area contributed by atoms with Crippen molar-refractivity contribution in [2.75, 3.05) is 13.6 Å². The maximum Gasteiger partial charge on any atom is 0.0575 e. The molecule has 32 aromatic rings. The minimum Gasteiger partial charge on any atom is -0.297 e. The molecule has 0 amide bonds. The van der Waals surface area contributed by atoms with E-state index >= 15 is 0 Å². The van der Waals surface area contributed by atoms with Crippen LogP contribution in [0, 0.1) is 0 Å². The number of hydrogen-bond donors (Lipinski definition) is 0. The zero-order valence-corrected chi connectivity index (χ0v) is 41.4. The summed E-state index contributed by atoms with van der Waals surface area (Å²) < 4.78 is 0. The molecule has 37 rings (SSSR count). The largest absolute Gasteiger partial charge is 0.297 e. The standard InChI is InChI=1S/C79H15N/c1-80-11-78-73-65-57-47-37-29-21-19-20-23-27-25(21)33-41-35(27)45-39-31(23)32-24(20)28-26-22(19)30(29)38-44-34(26)42-36(28)46-40(32)50-49(39)61-55(45)63-53(41)59(51(57)43(33)37)67(73)69(63)75-71(61)72-62(50)56(46)64-54(42)60-52(44)58(48(38)47)66(65)74(78)68(60)70(64)76(72)79(75,78)77(80)16-10-8-14-6-5-12-3-2-4-13-7-9-15(16)18(14)17(12)13/h2-10,77H,11H2,1H3. The number of benzene rings is 22. The van der Waals surface area contributed by atoms with Crippen LogP contribution in [0.5, 0.6) is 0 Å². The highest BCUT2D eigenvalue weighted by atomic mass is 15.2. The quantitative estimate of drug-likeness (QED) is 0.148. The van der Waals surface area contributed by atoms with Crippen molar-refractivity contribution in [3.8, 4) is 0 Å². The van der Waals surface area contributed by atoms with Crippen molar-refractivity contribution in [2.45, 2.75) is 16.9 Å². The molecule has 1 saturated heterocycles. The van der Waals surface area contributed by atoms with Crippen molar-refractivity contribution >= 4 is 323 Å². The Hall–Kier alpha value is -9.66. The van der Waals surface area contributed by atoms with Crippen LogP contribution in [0.1, 0.15) is 33.9 Å². The molecular formula is C79H15N. The Bertz CT molecular complexity index is 8240. The van der Waals surface area contributed by atoms with Gasteiger partial charge in [-0.05, 0) is 358 Å². The lowest BCUT2D eigenvalue weighted by atomic mass is 9.47. The van der Waals surface area contributed by atoms with E-state index < -0.39 is 0 Å². The van der Waals surface area contributed by atoms with Crippen LogP contribution in [0.3, 0.4) is 0 Å². The Morgan fingerprint density at radius 1 is 0.250 bits per heavy atom. The fraction of sp³-hybridized carbons (Fsp3) is 0.0633. The SMILES string of the molecule is CN1CC23c4c5c6c7c8c9c(c%10c%11c2c2c4c4c%12c5c5c6c6c8c8c%13c9c9c%10c%10c%11c%11c2c2c4c4c%12c%12c5c5c6c8c6c8c%13c9c9c%10c%10c%11c2c2c4c4c%12c5c6c5c8c9c%10c2c45)C73C1c1ccc2ccc3cccc4ccc1c2c34. The third-order valence-corrected chi connectivity index (χ3v) is 28.8. The molecule has 80 heavy (non-hydrogen) atoms. The van der Waals surface area contributed by atoms with Crippen molar-refractivity contribution in [1.29, 1.82) is 0 Å². The molecule has 336 valence electrons. The van der Waals surface area contributed by atoms with Crippen LogP contribution in [-0.2, 0) is 10.8 Å². The van der Waals surface area contributed by atoms with E-state index in [0.29, 0.717) is 0 Å². The number of rotatable bonds is 1. The average molecular weight is 978 g/mol. The van der Waals surface area contributed by atoms with Gasteiger partial charge in [-0.2, -0.15) is 0 Å². The van der Waals surface area contributed by atoms with Crippen molar-refractivity contribution in [1.82, 2.24) is 4.90 Å². The summed E-state index contributed by atoms with van der Waals surface area (Å²) in [5.74, 6) is 0. The molecule has 1 aliphatic heterocycles. The summed E-state index contributed by atoms with van der Waals surface area (Å²) in [6, 6.07) is 22.2. The number of likely N-dealkylation sites (tertiary alicyclic amines) is 1. The van der Waals surface area contributed by atoms with Gasteiger partial charge in [-0.25, -0.2) is 0 Å². The second kappa shape index (κ2) is 7.12. The molecule has 0 N–H and O–H groups in total. The lowest BCUT2D eigenvalue weighted by molar-refractivity contribution is 0.273. The number of hydrogen-bond acceptors (Lipinski definition) is 1. The number of likely N-dealkylation sites (N-methyl/N-ethyl adjacent to an activating group) is 1. The van der Waals surface area contributed by atoms with Gasteiger partial charge in [-0.1, -0.05) is 54.6 Å². The highest BCUT2D eigenvalue weighted by Gasteiger charge is 2.76. The third-order valence-electron chi connectivity index (χ3n) is 28.8. The summed E-state index contributed by atoms with van der Waals surface area (Å²) in [5.41, 5.74) is 7.96. The summed E-state index contributed by atoms with van der Waals surface area (Å²) in [6.45, 7) is 1.02. The van der Waals surface area contributed by atoms with E-state index in [1.54, 1.807) is 319 Å². The average Bonchev–Trinajstić information content (AvgIpc) is 1.63. The zero-order valence-electron chi connectivity index (χ0n) is 41.4. The van der Waals surface area contributed by atoms with Gasteiger partial charge >= 0.3 is 0 Å². The first-order valence-corrected chi connectivity index (χ1v) is 29.9. The second-order valence-electron chi connectivity index (χ2n) is 29.3. The van der Waals surface area contributed by atoms with E-state index in [-0.39, 0.29) is 16.9 Å². The monoisotopic (exact) mass is 977 g/mol. The molecule has 5 aliphatic rings. The molecule has 0 saturated carbocycles. The lowest BCUT2D eigenvalue weighted by Crippen LogP contribution is -2.52. The molecule has 1 atom stereocenters. The summed E-state index contributed by atoms with van der Waals surface area (Å²) >= 11 is 0. The van der Waals surface area contributed by atoms with Crippen LogP contribution < -0.4 is 0 Å². The van der Waals surface area contributed by atoms with Gasteiger partial charge < -0.3 is 0 Å². The highest BCUT2D eigenvalue weighted by molar-refractivity contribution is 6.82. The van der Waals surface area contributed by atoms with Gasteiger partial charge in [0.05, 0.1) is 16.9 Å². The predicted octanol–water partition coefficient (Wildman–Crippen LogP) is 20.9. The first kappa shape index (κ1) is 30.5. The van der Waals surface area contributed by atoms with Crippen molar-refractivity contribution in [3.05, 3.63) is 82.4 Å². The minimum absolute atomic E-state index is 0.0998. The normalized spacial score (nSPS) is 22.7. The molecule has 0 radical (unpaired) electrons. The van der Waals surface area contributed by atoms with Crippen LogP contribution >= 0.6 is 0 Å². The Morgan fingerprint density at radius 3 is 0.787 bits per heavy atom. The summed E-state index contributed by atoms with van der Waals surface area (Å²) in [4.78, 5) is 3.01. The summed E-state index contributed by atoms with van der Waals surface area (Å²) in [6.07, 6.45) is 0. The molecule has 0 bridgehead atoms. The van der Waals surface area contributed by atoms with Gasteiger partial charge in [0, 0.05) is 6.54 Å². The molecule has 4 aliphatic carbocycles. The van der Waals surface area contributed by atoms with Crippen LogP contribution in [0.4, 0.5) is 0 Å². The minimum atomic E-state index is -0.379. The van der Waals surface area contributed by atoms with E-state index in [1.807, 2.05) is 0 Å². The predicted molar refractivity (Wildman–Crippen MR) is 339 cm³/mol. The van der Waals surface area contributed by atoms with Gasteiger partial charge in [0.2, 0.25) is 0 Å². The molecule has 1 heteroatoms. The first-order chi connectivity index (χ1) is 39.8. The van der Waals surface area contributed by atoms with Crippen LogP contribution in [0.25, 0.3) is 323 Å². The Balaban J connectivity index is 1.03. The van der Waals surface area contributed by atoms with Crippen molar-refractivity contribution in [2.24, 2.45) is 0 Å². The van der Waals surface area contributed by atoms with Crippen molar-refractivity contribution < 1.29 is 0 Å². The first-order valence-electron chi connectivity index (χ1n) is 29.9. The molecule has 0 aromatic heterocycles. The summed E-state index contributed by atoms with van der Waals surface area (Å²) in [7, 11) is 2.62. The maximum atomic E-state index is 3.01. The lowest BCUT2D eigenvalue weighted by Gasteiger charge is -2.52. The molecule has 1 unspecified atom stereocenters. The van der Waals surface area contributed by atoms with E-state index in [0.717, 1.165) is 6.54 Å². The Morgan fingerprint density at radius 2 is 0.487 bits per heavy atom. The van der Waals surface area contributed by atoms with Gasteiger partial charge in [0.25, 0.3) is 0 Å². The van der Waals surface area contributed by atoms with Gasteiger partial charge in [-0.3, -0.25) is 4.90 Å². The molecule has 1 fully saturated rings. The van der Waals surface area contributed by atoms with E-state index in [2.05, 4.69) is 66.5 Å². The summed E-state index contributed by atoms with van der Waals surface area (Å²) in [5, 5.41) is 98.8. The van der Waals surface area contributed by atoms with Crippen LogP contribution in [0.15, 0.2) is 54.6 Å². The molecular weight excluding hydrogens is 963 g/mol. The topological polar surface area (TPSA) is 3.24 Å². The maximum absolute atomic E-state index is 3.01. The fourth-order valence-corrected chi connectivity index (χ4v) is 28.5. The fourth-order valence-electron chi connectivity index (χ4n) is 28.5. The Kier molecular flexibility index (Phi) is 2.71. The smallest absolute Gasteiger partial charge is 0.0575 e. The van der Waals surface area contributed by atoms with E-state index in [1.165, 1.54) is 32.3 Å². The molecule has 32 aromatic carbocycles. The van der Waals surface area contributed by atoms with Gasteiger partial charge in [-0.15, -0.1) is 0 Å².